The minimum Gasteiger partial charge on any atom is -0.478 e. The summed E-state index contributed by atoms with van der Waals surface area (Å²) in [6.45, 7) is 18.0. The Balaban J connectivity index is 0.000000241. The second-order valence-corrected chi connectivity index (χ2v) is 32.0. The molecule has 0 aliphatic carbocycles. The summed E-state index contributed by atoms with van der Waals surface area (Å²) >= 11 is 12.0. The van der Waals surface area contributed by atoms with Gasteiger partial charge in [-0.3, -0.25) is 14.2 Å². The van der Waals surface area contributed by atoms with E-state index in [2.05, 4.69) is 69.6 Å². The molecule has 352 valence electrons. The summed E-state index contributed by atoms with van der Waals surface area (Å²) in [6, 6.07) is 11.4. The van der Waals surface area contributed by atoms with Gasteiger partial charge in [0.1, 0.15) is 20.1 Å². The van der Waals surface area contributed by atoms with Gasteiger partial charge in [0.25, 0.3) is 15.9 Å². The summed E-state index contributed by atoms with van der Waals surface area (Å²) in [4.78, 5) is 31.6. The van der Waals surface area contributed by atoms with Crippen molar-refractivity contribution in [3.8, 4) is 23.4 Å². The summed E-state index contributed by atoms with van der Waals surface area (Å²) in [5.74, 6) is -0.236. The van der Waals surface area contributed by atoms with Crippen LogP contribution in [0.5, 0.6) is 11.8 Å². The van der Waals surface area contributed by atoms with Crippen molar-refractivity contribution >= 4 is 71.3 Å². The van der Waals surface area contributed by atoms with E-state index in [0.717, 1.165) is 12.1 Å². The van der Waals surface area contributed by atoms with Crippen LogP contribution in [0.25, 0.3) is 11.6 Å². The number of halogens is 2. The number of primary sulfonamides is 1. The first-order chi connectivity index (χ1) is 30.0. The first-order valence-corrected chi connectivity index (χ1v) is 30.8. The van der Waals surface area contributed by atoms with Crippen LogP contribution in [0.2, 0.25) is 61.7 Å². The Bertz CT molecular complexity index is 2870. The lowest BCUT2D eigenvalue weighted by Crippen LogP contribution is -2.31. The monoisotopic (exact) mass is 1010 g/mol. The lowest BCUT2D eigenvalue weighted by Gasteiger charge is -2.14. The maximum Gasteiger partial charge on any atom is 0.338 e. The van der Waals surface area contributed by atoms with E-state index in [1.807, 2.05) is 4.72 Å². The number of aromatic nitrogens is 10. The van der Waals surface area contributed by atoms with Crippen molar-refractivity contribution in [3.63, 3.8) is 0 Å². The van der Waals surface area contributed by atoms with Crippen LogP contribution >= 0.6 is 23.2 Å². The first-order valence-electron chi connectivity index (χ1n) is 19.6. The van der Waals surface area contributed by atoms with Gasteiger partial charge in [-0.2, -0.15) is 10.2 Å². The van der Waals surface area contributed by atoms with Crippen molar-refractivity contribution in [1.82, 2.24) is 53.8 Å². The highest BCUT2D eigenvalue weighted by Crippen LogP contribution is 2.21. The number of nitrogens with one attached hydrogen (secondary N) is 1. The quantitative estimate of drug-likeness (QED) is 0.0845. The van der Waals surface area contributed by atoms with E-state index < -0.39 is 48.1 Å². The highest BCUT2D eigenvalue weighted by molar-refractivity contribution is 7.90. The average Bonchev–Trinajstić information content (AvgIpc) is 3.98. The Kier molecular flexibility index (Phi) is 17.1. The van der Waals surface area contributed by atoms with Gasteiger partial charge in [-0.05, 0) is 50.2 Å². The maximum absolute atomic E-state index is 12.5. The number of nitrogens with two attached hydrogens (primary N) is 1. The minimum absolute atomic E-state index is 0.0378. The van der Waals surface area contributed by atoms with Crippen LogP contribution in [0.15, 0.2) is 71.0 Å². The molecular weight excluding hydrogens is 960 g/mol. The Morgan fingerprint density at radius 3 is 1.45 bits per heavy atom. The summed E-state index contributed by atoms with van der Waals surface area (Å²) in [5, 5.41) is 30.0. The highest BCUT2D eigenvalue weighted by atomic mass is 35.5. The number of ether oxygens (including phenoxy) is 2. The van der Waals surface area contributed by atoms with Crippen LogP contribution < -0.4 is 19.3 Å². The smallest absolute Gasteiger partial charge is 0.338 e. The Labute approximate surface area is 389 Å². The number of rotatable bonds is 15. The molecule has 0 saturated heterocycles. The first kappa shape index (κ1) is 52.2. The predicted molar refractivity (Wildman–Crippen MR) is 249 cm³/mol. The molecule has 0 unspecified atom stereocenters. The number of aromatic carboxylic acids is 1. The normalized spacial score (nSPS) is 11.8. The third kappa shape index (κ3) is 15.6. The van der Waals surface area contributed by atoms with E-state index in [0.29, 0.717) is 42.3 Å². The molecule has 65 heavy (non-hydrogen) atoms. The van der Waals surface area contributed by atoms with Gasteiger partial charge >= 0.3 is 5.97 Å². The summed E-state index contributed by atoms with van der Waals surface area (Å²) < 4.78 is 65.7. The topological polar surface area (TPSA) is 276 Å². The number of nitrogens with zero attached hydrogens (tertiary/aromatic N) is 10. The number of carbonyl (C=O) groups excluding carboxylic acids is 1. The highest BCUT2D eigenvalue weighted by Gasteiger charge is 2.25. The number of aryl methyl sites for hydroxylation is 4. The molecule has 27 heteroatoms. The van der Waals surface area contributed by atoms with Gasteiger partial charge in [-0.1, -0.05) is 62.5 Å². The number of hydrogen-bond acceptors (Lipinski definition) is 14. The van der Waals surface area contributed by atoms with E-state index in [9.17, 15) is 26.4 Å². The molecule has 0 radical (unpaired) electrons. The molecule has 1 amide bonds. The molecule has 6 aromatic rings. The maximum atomic E-state index is 12.5. The molecule has 0 aliphatic rings. The van der Waals surface area contributed by atoms with Gasteiger partial charge in [0.05, 0.1) is 35.7 Å². The number of hydrogen-bond donors (Lipinski definition) is 3. The SMILES string of the molecule is C[Si](C)(C)CCOc1ccn(-c2ccc(C(=O)O)c(Cl)n2)n1.Cc1nn(C)cc1S(=O)(=O)NC(=O)c1ccc(-n2ccc(OCC[Si](C)(C)C)n2)nc1Cl.Cc1nn(C)cc1S(N)(=O)=O. The largest absolute Gasteiger partial charge is 0.478 e. The van der Waals surface area contributed by atoms with Crippen molar-refractivity contribution in [1.29, 1.82) is 0 Å². The Hall–Kier alpha value is -5.45. The van der Waals surface area contributed by atoms with Crippen LogP contribution in [0.3, 0.4) is 0 Å². The number of sulfonamides is 2. The number of amides is 1. The van der Waals surface area contributed by atoms with Crippen LogP contribution in [0, 0.1) is 13.8 Å². The van der Waals surface area contributed by atoms with Crippen molar-refractivity contribution in [2.45, 2.75) is 75.0 Å². The zero-order chi connectivity index (χ0) is 48.7. The third-order valence-corrected chi connectivity index (χ3v) is 15.1. The number of pyridine rings is 2. The fraction of sp³-hybridized carbons (Fsp3) is 0.368. The summed E-state index contributed by atoms with van der Waals surface area (Å²) in [5.41, 5.74) is 0.576. The molecule has 6 aromatic heterocycles. The van der Waals surface area contributed by atoms with Crippen molar-refractivity contribution < 1.29 is 41.0 Å². The predicted octanol–water partition coefficient (Wildman–Crippen LogP) is 5.51. The van der Waals surface area contributed by atoms with E-state index in [1.165, 1.54) is 56.2 Å². The van der Waals surface area contributed by atoms with Gasteiger partial charge in [0.2, 0.25) is 21.8 Å². The van der Waals surface area contributed by atoms with Crippen LogP contribution in [0.4, 0.5) is 0 Å². The van der Waals surface area contributed by atoms with E-state index in [1.54, 1.807) is 51.6 Å². The fourth-order valence-electron chi connectivity index (χ4n) is 5.31. The van der Waals surface area contributed by atoms with Crippen molar-refractivity contribution in [2.75, 3.05) is 13.2 Å². The molecule has 0 saturated carbocycles. The van der Waals surface area contributed by atoms with Crippen molar-refractivity contribution in [3.05, 3.63) is 94.0 Å². The molecule has 0 bridgehead atoms. The summed E-state index contributed by atoms with van der Waals surface area (Å²) in [7, 11) is -6.83. The molecule has 0 fully saturated rings. The molecule has 6 heterocycles. The van der Waals surface area contributed by atoms with Gasteiger partial charge < -0.3 is 14.6 Å². The third-order valence-electron chi connectivity index (χ3n) is 8.71. The second-order valence-electron chi connectivity index (χ2n) is 16.8. The van der Waals surface area contributed by atoms with Crippen LogP contribution in [-0.2, 0) is 34.1 Å². The Morgan fingerprint density at radius 1 is 0.692 bits per heavy atom. The number of carbonyl (C=O) groups is 2. The van der Waals surface area contributed by atoms with E-state index >= 15 is 0 Å². The molecule has 0 atom stereocenters. The molecular formula is C38H52Cl2N12O9S2Si2. The van der Waals surface area contributed by atoms with Gasteiger partial charge in [0, 0.05) is 67.2 Å². The minimum atomic E-state index is -4.11. The fourth-order valence-corrected chi connectivity index (χ4v) is 9.14. The van der Waals surface area contributed by atoms with Crippen LogP contribution in [-0.4, -0.2) is 112 Å². The van der Waals surface area contributed by atoms with E-state index in [-0.39, 0.29) is 36.9 Å². The van der Waals surface area contributed by atoms with Crippen molar-refractivity contribution in [2.24, 2.45) is 19.2 Å². The van der Waals surface area contributed by atoms with Gasteiger partial charge in [0.15, 0.2) is 11.6 Å². The van der Waals surface area contributed by atoms with Crippen LogP contribution in [0.1, 0.15) is 32.1 Å². The molecule has 21 nitrogen and oxygen atoms in total. The lowest BCUT2D eigenvalue weighted by molar-refractivity contribution is 0.0696. The zero-order valence-electron chi connectivity index (χ0n) is 37.4. The molecule has 4 N–H and O–H groups in total. The summed E-state index contributed by atoms with van der Waals surface area (Å²) in [6.07, 6.45) is 6.06. The molecule has 6 rings (SSSR count). The zero-order valence-corrected chi connectivity index (χ0v) is 42.6. The number of carboxylic acid groups (broad SMARTS) is 1. The lowest BCUT2D eigenvalue weighted by atomic mass is 10.3. The average molecular weight is 1010 g/mol. The molecule has 0 aliphatic heterocycles. The molecule has 0 aromatic carbocycles. The van der Waals surface area contributed by atoms with Gasteiger partial charge in [-0.15, -0.1) is 10.2 Å². The molecule has 0 spiro atoms. The standard InChI is InChI=1S/C19H25ClN6O4SSi.C14H18ClN3O3Si.C5H9N3O2S/c1-13-15(12-25(2)22-13)31(28,29)24-19(27)14-6-7-16(21-18(14)20)26-9-8-17(23-26)30-10-11-32(3,4)5;1-22(2,3)9-8-21-12-6-7-18(17-12)11-5-4-10(14(19)20)13(15)16-11;1-4-5(11(6,9)10)3-8(2)7-4/h6-9,12H,10-11H2,1-5H3,(H,24,27);4-7H,8-9H2,1-3H3,(H,19,20);3H,1-2H3,(H2,6,9,10). The van der Waals surface area contributed by atoms with E-state index in [4.69, 9.17) is 42.9 Å². The second kappa shape index (κ2) is 21.2. The number of carboxylic acids is 1. The van der Waals surface area contributed by atoms with Gasteiger partial charge in [-0.25, -0.2) is 50.8 Å². The Morgan fingerprint density at radius 2 is 1.11 bits per heavy atom.